The van der Waals surface area contributed by atoms with Crippen LogP contribution in [-0.2, 0) is 0 Å². The summed E-state index contributed by atoms with van der Waals surface area (Å²) in [7, 11) is 0. The van der Waals surface area contributed by atoms with Crippen LogP contribution in [0.5, 0.6) is 0 Å². The molecule has 1 saturated carbocycles. The molecular weight excluding hydrogens is 277 g/mol. The van der Waals surface area contributed by atoms with E-state index in [4.69, 9.17) is 11.6 Å². The number of Topliss-reactive ketones (excluding diaryl/α,β-unsaturated/α-hetero) is 1. The Morgan fingerprint density at radius 2 is 2.16 bits per heavy atom. The minimum Gasteiger partial charge on any atom is -0.294 e. The van der Waals surface area contributed by atoms with Gasteiger partial charge in [-0.2, -0.15) is 0 Å². The highest BCUT2D eigenvalue weighted by atomic mass is 35.5. The van der Waals surface area contributed by atoms with Gasteiger partial charge in [0, 0.05) is 24.8 Å². The molecule has 0 aliphatic heterocycles. The highest BCUT2D eigenvalue weighted by molar-refractivity contribution is 6.30. The molecule has 5 heteroatoms. The number of hydrogen-bond acceptors (Lipinski definition) is 1. The number of hydrogen-bond donors (Lipinski definition) is 0. The maximum atomic E-state index is 13.2. The molecule has 0 saturated heterocycles. The van der Waals surface area contributed by atoms with Crippen molar-refractivity contribution in [2.75, 3.05) is 0 Å². The van der Waals surface area contributed by atoms with Crippen molar-refractivity contribution in [2.45, 2.75) is 38.0 Å². The van der Waals surface area contributed by atoms with Crippen LogP contribution >= 0.6 is 11.6 Å². The fraction of sp³-hybridized carbons (Fsp3) is 0.500. The highest BCUT2D eigenvalue weighted by Gasteiger charge is 2.36. The van der Waals surface area contributed by atoms with Crippen LogP contribution in [-0.4, -0.2) is 11.7 Å². The Kier molecular flexibility index (Phi) is 4.19. The monoisotopic (exact) mass is 290 g/mol. The van der Waals surface area contributed by atoms with Gasteiger partial charge in [-0.3, -0.25) is 4.79 Å². The first kappa shape index (κ1) is 14.4. The normalized spacial score (nSPS) is 22.2. The van der Waals surface area contributed by atoms with Gasteiger partial charge in [0.05, 0.1) is 5.02 Å². The topological polar surface area (TPSA) is 17.1 Å². The van der Waals surface area contributed by atoms with Gasteiger partial charge in [-0.15, -0.1) is 0 Å². The largest absolute Gasteiger partial charge is 0.294 e. The second kappa shape index (κ2) is 5.53. The Balaban J connectivity index is 2.02. The summed E-state index contributed by atoms with van der Waals surface area (Å²) in [6.07, 6.45) is 0.732. The SMILES string of the molecule is O=C(CC1CCCC(F)(F)C1)c1ccc(Cl)c(F)c1. The van der Waals surface area contributed by atoms with Crippen molar-refractivity contribution in [3.63, 3.8) is 0 Å². The standard InChI is InChI=1S/C14H14ClF3O/c15-11-4-3-10(7-12(11)16)13(19)6-9-2-1-5-14(17,18)8-9/h3-4,7,9H,1-2,5-6,8H2. The fourth-order valence-electron chi connectivity index (χ4n) is 2.50. The first-order valence-corrected chi connectivity index (χ1v) is 6.61. The molecule has 19 heavy (non-hydrogen) atoms. The van der Waals surface area contributed by atoms with Crippen molar-refractivity contribution in [3.05, 3.63) is 34.6 Å². The van der Waals surface area contributed by atoms with E-state index in [1.807, 2.05) is 0 Å². The van der Waals surface area contributed by atoms with E-state index in [-0.39, 0.29) is 41.5 Å². The Bertz CT molecular complexity index is 488. The maximum absolute atomic E-state index is 13.2. The molecule has 1 atom stereocenters. The summed E-state index contributed by atoms with van der Waals surface area (Å²) < 4.78 is 39.7. The highest BCUT2D eigenvalue weighted by Crippen LogP contribution is 2.38. The van der Waals surface area contributed by atoms with Gasteiger partial charge >= 0.3 is 0 Å². The zero-order chi connectivity index (χ0) is 14.0. The summed E-state index contributed by atoms with van der Waals surface area (Å²) in [5, 5.41) is -0.0549. The van der Waals surface area contributed by atoms with Crippen molar-refractivity contribution in [3.8, 4) is 0 Å². The molecule has 0 spiro atoms. The molecule has 104 valence electrons. The van der Waals surface area contributed by atoms with Gasteiger partial charge in [0.1, 0.15) is 5.82 Å². The number of ketones is 1. The average molecular weight is 291 g/mol. The van der Waals surface area contributed by atoms with E-state index in [0.29, 0.717) is 12.8 Å². The van der Waals surface area contributed by atoms with Gasteiger partial charge in [-0.05, 0) is 37.0 Å². The third kappa shape index (κ3) is 3.72. The number of rotatable bonds is 3. The predicted molar refractivity (Wildman–Crippen MR) is 67.3 cm³/mol. The predicted octanol–water partition coefficient (Wildman–Crippen LogP) is 4.88. The van der Waals surface area contributed by atoms with Crippen molar-refractivity contribution < 1.29 is 18.0 Å². The number of alkyl halides is 2. The summed E-state index contributed by atoms with van der Waals surface area (Å²) in [5.74, 6) is -3.97. The van der Waals surface area contributed by atoms with Gasteiger partial charge in [-0.1, -0.05) is 11.6 Å². The maximum Gasteiger partial charge on any atom is 0.248 e. The third-order valence-electron chi connectivity index (χ3n) is 3.46. The lowest BCUT2D eigenvalue weighted by atomic mass is 9.82. The minimum absolute atomic E-state index is 0.0384. The van der Waals surface area contributed by atoms with Crippen LogP contribution < -0.4 is 0 Å². The van der Waals surface area contributed by atoms with Gasteiger partial charge in [0.25, 0.3) is 0 Å². The zero-order valence-electron chi connectivity index (χ0n) is 10.3. The summed E-state index contributed by atoms with van der Waals surface area (Å²) >= 11 is 5.53. The Hall–Kier alpha value is -1.03. The molecule has 0 aromatic heterocycles. The van der Waals surface area contributed by atoms with Crippen molar-refractivity contribution in [1.29, 1.82) is 0 Å². The number of benzene rings is 1. The molecule has 1 nitrogen and oxygen atoms in total. The van der Waals surface area contributed by atoms with E-state index in [1.165, 1.54) is 12.1 Å². The van der Waals surface area contributed by atoms with Crippen LogP contribution in [0.1, 0.15) is 42.5 Å². The molecule has 1 unspecified atom stereocenters. The van der Waals surface area contributed by atoms with E-state index in [1.54, 1.807) is 0 Å². The van der Waals surface area contributed by atoms with Crippen LogP contribution in [0.4, 0.5) is 13.2 Å². The summed E-state index contributed by atoms with van der Waals surface area (Å²) in [4.78, 5) is 11.9. The quantitative estimate of drug-likeness (QED) is 0.725. The summed E-state index contributed by atoms with van der Waals surface area (Å²) in [6.45, 7) is 0. The molecule has 0 radical (unpaired) electrons. The van der Waals surface area contributed by atoms with E-state index in [9.17, 15) is 18.0 Å². The van der Waals surface area contributed by atoms with Gasteiger partial charge in [-0.25, -0.2) is 13.2 Å². The Morgan fingerprint density at radius 3 is 2.79 bits per heavy atom. The molecular formula is C14H14ClF3O. The van der Waals surface area contributed by atoms with Crippen LogP contribution in [0.15, 0.2) is 18.2 Å². The molecule has 1 aromatic rings. The van der Waals surface area contributed by atoms with E-state index < -0.39 is 11.7 Å². The first-order chi connectivity index (χ1) is 8.87. The zero-order valence-corrected chi connectivity index (χ0v) is 11.0. The molecule has 0 bridgehead atoms. The Labute approximate surface area is 114 Å². The molecule has 0 heterocycles. The van der Waals surface area contributed by atoms with Gasteiger partial charge in [0.15, 0.2) is 5.78 Å². The number of halogens is 4. The van der Waals surface area contributed by atoms with Gasteiger partial charge in [0.2, 0.25) is 5.92 Å². The van der Waals surface area contributed by atoms with E-state index in [2.05, 4.69) is 0 Å². The van der Waals surface area contributed by atoms with Crippen LogP contribution in [0.25, 0.3) is 0 Å². The molecule has 1 aromatic carbocycles. The minimum atomic E-state index is -2.67. The second-order valence-electron chi connectivity index (χ2n) is 5.07. The summed E-state index contributed by atoms with van der Waals surface area (Å²) in [5.41, 5.74) is 0.191. The molecule has 1 aliphatic carbocycles. The van der Waals surface area contributed by atoms with Crippen molar-refractivity contribution in [2.24, 2.45) is 5.92 Å². The molecule has 2 rings (SSSR count). The second-order valence-corrected chi connectivity index (χ2v) is 5.48. The van der Waals surface area contributed by atoms with E-state index >= 15 is 0 Å². The van der Waals surface area contributed by atoms with E-state index in [0.717, 1.165) is 6.07 Å². The van der Waals surface area contributed by atoms with Crippen molar-refractivity contribution in [1.82, 2.24) is 0 Å². The van der Waals surface area contributed by atoms with Gasteiger partial charge < -0.3 is 0 Å². The average Bonchev–Trinajstić information content (AvgIpc) is 2.31. The molecule has 1 aliphatic rings. The summed E-state index contributed by atoms with van der Waals surface area (Å²) in [6, 6.07) is 3.79. The van der Waals surface area contributed by atoms with Crippen LogP contribution in [0.2, 0.25) is 5.02 Å². The number of carbonyl (C=O) groups is 1. The fourth-order valence-corrected chi connectivity index (χ4v) is 2.62. The van der Waals surface area contributed by atoms with Crippen LogP contribution in [0.3, 0.4) is 0 Å². The lowest BCUT2D eigenvalue weighted by Crippen LogP contribution is -2.27. The lowest BCUT2D eigenvalue weighted by Gasteiger charge is -2.28. The molecule has 0 N–H and O–H groups in total. The smallest absolute Gasteiger partial charge is 0.248 e. The third-order valence-corrected chi connectivity index (χ3v) is 3.76. The van der Waals surface area contributed by atoms with Crippen molar-refractivity contribution >= 4 is 17.4 Å². The lowest BCUT2D eigenvalue weighted by molar-refractivity contribution is -0.0521. The van der Waals surface area contributed by atoms with Crippen LogP contribution in [0, 0.1) is 11.7 Å². The molecule has 0 amide bonds. The first-order valence-electron chi connectivity index (χ1n) is 6.23. The molecule has 1 fully saturated rings. The number of carbonyl (C=O) groups excluding carboxylic acids is 1. The Morgan fingerprint density at radius 1 is 1.42 bits per heavy atom.